The van der Waals surface area contributed by atoms with E-state index in [1.54, 1.807) is 12.1 Å². The molecule has 1 aromatic carbocycles. The summed E-state index contributed by atoms with van der Waals surface area (Å²) in [6, 6.07) is 5.90. The van der Waals surface area contributed by atoms with Crippen LogP contribution in [0.1, 0.15) is 55.6 Å². The summed E-state index contributed by atoms with van der Waals surface area (Å²) in [5.41, 5.74) is 0.365. The summed E-state index contributed by atoms with van der Waals surface area (Å²) in [7, 11) is 0. The quantitative estimate of drug-likeness (QED) is 0.866. The van der Waals surface area contributed by atoms with E-state index >= 15 is 0 Å². The fourth-order valence-corrected chi connectivity index (χ4v) is 4.33. The van der Waals surface area contributed by atoms with Crippen molar-refractivity contribution in [2.24, 2.45) is 5.92 Å². The van der Waals surface area contributed by atoms with Gasteiger partial charge < -0.3 is 5.11 Å². The van der Waals surface area contributed by atoms with E-state index in [1.807, 2.05) is 0 Å². The maximum Gasteiger partial charge on any atom is 0.416 e. The van der Waals surface area contributed by atoms with Crippen molar-refractivity contribution in [3.8, 4) is 0 Å². The molecule has 1 saturated heterocycles. The lowest BCUT2D eigenvalue weighted by molar-refractivity contribution is -0.143. The molecule has 1 saturated carbocycles. The molecule has 138 valence electrons. The number of benzene rings is 1. The number of halogens is 3. The Kier molecular flexibility index (Phi) is 5.37. The lowest BCUT2D eigenvalue weighted by Gasteiger charge is -2.43. The van der Waals surface area contributed by atoms with Crippen LogP contribution in [0.4, 0.5) is 13.2 Å². The SMILES string of the molecule is O=C(O)C1CCN(C2CCCCC2c2ccc(C(F)(F)F)cc2)CC1. The van der Waals surface area contributed by atoms with Crippen LogP contribution in [0.3, 0.4) is 0 Å². The van der Waals surface area contributed by atoms with Gasteiger partial charge in [0.25, 0.3) is 0 Å². The summed E-state index contributed by atoms with van der Waals surface area (Å²) in [4.78, 5) is 13.5. The zero-order valence-corrected chi connectivity index (χ0v) is 14.1. The molecule has 2 aliphatic rings. The maximum atomic E-state index is 12.8. The number of rotatable bonds is 3. The summed E-state index contributed by atoms with van der Waals surface area (Å²) in [6.45, 7) is 1.53. The van der Waals surface area contributed by atoms with Gasteiger partial charge in [-0.2, -0.15) is 13.2 Å². The first-order valence-electron chi connectivity index (χ1n) is 9.00. The topological polar surface area (TPSA) is 40.5 Å². The highest BCUT2D eigenvalue weighted by atomic mass is 19.4. The van der Waals surface area contributed by atoms with E-state index < -0.39 is 17.7 Å². The fraction of sp³-hybridized carbons (Fsp3) is 0.632. The van der Waals surface area contributed by atoms with E-state index in [0.717, 1.165) is 44.3 Å². The van der Waals surface area contributed by atoms with Crippen molar-refractivity contribution in [1.29, 1.82) is 0 Å². The number of carboxylic acid groups (broad SMARTS) is 1. The van der Waals surface area contributed by atoms with E-state index in [1.165, 1.54) is 12.1 Å². The molecule has 0 aromatic heterocycles. The van der Waals surface area contributed by atoms with Crippen LogP contribution in [0.2, 0.25) is 0 Å². The van der Waals surface area contributed by atoms with Gasteiger partial charge in [0.15, 0.2) is 0 Å². The van der Waals surface area contributed by atoms with Crippen molar-refractivity contribution >= 4 is 5.97 Å². The normalized spacial score (nSPS) is 26.5. The van der Waals surface area contributed by atoms with Gasteiger partial charge in [-0.15, -0.1) is 0 Å². The molecule has 0 radical (unpaired) electrons. The lowest BCUT2D eigenvalue weighted by Crippen LogP contribution is -2.46. The van der Waals surface area contributed by atoms with Gasteiger partial charge in [0, 0.05) is 6.04 Å². The number of aliphatic carboxylic acids is 1. The van der Waals surface area contributed by atoms with Gasteiger partial charge in [-0.05, 0) is 62.4 Å². The summed E-state index contributed by atoms with van der Waals surface area (Å²) < 4.78 is 38.3. The maximum absolute atomic E-state index is 12.8. The van der Waals surface area contributed by atoms with Gasteiger partial charge in [-0.1, -0.05) is 25.0 Å². The predicted octanol–water partition coefficient (Wildman–Crippen LogP) is 4.53. The van der Waals surface area contributed by atoms with E-state index in [-0.39, 0.29) is 11.8 Å². The third-order valence-electron chi connectivity index (χ3n) is 5.74. The van der Waals surface area contributed by atoms with Gasteiger partial charge in [0.2, 0.25) is 0 Å². The number of hydrogen-bond acceptors (Lipinski definition) is 2. The smallest absolute Gasteiger partial charge is 0.416 e. The zero-order chi connectivity index (χ0) is 18.0. The molecule has 3 rings (SSSR count). The number of alkyl halides is 3. The average Bonchev–Trinajstić information content (AvgIpc) is 2.61. The minimum Gasteiger partial charge on any atom is -0.481 e. The van der Waals surface area contributed by atoms with Gasteiger partial charge in [0.1, 0.15) is 0 Å². The van der Waals surface area contributed by atoms with Gasteiger partial charge in [0.05, 0.1) is 11.5 Å². The Morgan fingerprint density at radius 2 is 1.60 bits per heavy atom. The molecule has 1 aliphatic heterocycles. The zero-order valence-electron chi connectivity index (χ0n) is 14.1. The van der Waals surface area contributed by atoms with Crippen LogP contribution >= 0.6 is 0 Å². The molecular formula is C19H24F3NO2. The Bertz CT molecular complexity index is 592. The largest absolute Gasteiger partial charge is 0.481 e. The third kappa shape index (κ3) is 4.17. The number of nitrogens with zero attached hydrogens (tertiary/aromatic N) is 1. The molecule has 1 aliphatic carbocycles. The Hall–Kier alpha value is -1.56. The summed E-state index contributed by atoms with van der Waals surface area (Å²) >= 11 is 0. The lowest BCUT2D eigenvalue weighted by atomic mass is 9.78. The van der Waals surface area contributed by atoms with E-state index in [4.69, 9.17) is 5.11 Å². The van der Waals surface area contributed by atoms with Crippen molar-refractivity contribution < 1.29 is 23.1 Å². The molecule has 2 unspecified atom stereocenters. The number of hydrogen-bond donors (Lipinski definition) is 1. The number of piperidine rings is 1. The monoisotopic (exact) mass is 355 g/mol. The molecule has 0 amide bonds. The Morgan fingerprint density at radius 1 is 1.00 bits per heavy atom. The highest BCUT2D eigenvalue weighted by Gasteiger charge is 2.35. The Morgan fingerprint density at radius 3 is 2.16 bits per heavy atom. The van der Waals surface area contributed by atoms with Crippen LogP contribution in [0, 0.1) is 5.92 Å². The van der Waals surface area contributed by atoms with Crippen molar-refractivity contribution in [2.75, 3.05) is 13.1 Å². The third-order valence-corrected chi connectivity index (χ3v) is 5.74. The van der Waals surface area contributed by atoms with Gasteiger partial charge in [-0.3, -0.25) is 9.69 Å². The average molecular weight is 355 g/mol. The Balaban J connectivity index is 1.72. The van der Waals surface area contributed by atoms with Crippen LogP contribution in [0.5, 0.6) is 0 Å². The molecule has 0 bridgehead atoms. The Labute approximate surface area is 145 Å². The highest BCUT2D eigenvalue weighted by Crippen LogP contribution is 2.39. The first-order chi connectivity index (χ1) is 11.9. The summed E-state index contributed by atoms with van der Waals surface area (Å²) in [5, 5.41) is 9.15. The van der Waals surface area contributed by atoms with Crippen molar-refractivity contribution in [3.05, 3.63) is 35.4 Å². The molecule has 1 aromatic rings. The molecule has 0 spiro atoms. The number of likely N-dealkylation sites (tertiary alicyclic amines) is 1. The van der Waals surface area contributed by atoms with Crippen molar-refractivity contribution in [2.45, 2.75) is 56.7 Å². The molecule has 6 heteroatoms. The number of carboxylic acids is 1. The fourth-order valence-electron chi connectivity index (χ4n) is 4.33. The summed E-state index contributed by atoms with van der Waals surface area (Å²) in [6.07, 6.45) is 1.24. The van der Waals surface area contributed by atoms with E-state index in [0.29, 0.717) is 18.9 Å². The molecule has 25 heavy (non-hydrogen) atoms. The minimum atomic E-state index is -4.30. The van der Waals surface area contributed by atoms with E-state index in [2.05, 4.69) is 4.90 Å². The molecular weight excluding hydrogens is 331 g/mol. The van der Waals surface area contributed by atoms with Crippen LogP contribution < -0.4 is 0 Å². The van der Waals surface area contributed by atoms with Gasteiger partial charge >= 0.3 is 12.1 Å². The first-order valence-corrected chi connectivity index (χ1v) is 9.00. The van der Waals surface area contributed by atoms with Crippen LogP contribution in [-0.4, -0.2) is 35.1 Å². The van der Waals surface area contributed by atoms with Crippen LogP contribution in [0.25, 0.3) is 0 Å². The first kappa shape index (κ1) is 18.2. The second-order valence-corrected chi connectivity index (χ2v) is 7.23. The van der Waals surface area contributed by atoms with Crippen molar-refractivity contribution in [3.63, 3.8) is 0 Å². The predicted molar refractivity (Wildman–Crippen MR) is 88.4 cm³/mol. The molecule has 2 fully saturated rings. The van der Waals surface area contributed by atoms with Crippen LogP contribution in [-0.2, 0) is 11.0 Å². The second kappa shape index (κ2) is 7.36. The number of carbonyl (C=O) groups is 1. The van der Waals surface area contributed by atoms with Crippen LogP contribution in [0.15, 0.2) is 24.3 Å². The minimum absolute atomic E-state index is 0.234. The second-order valence-electron chi connectivity index (χ2n) is 7.23. The van der Waals surface area contributed by atoms with Crippen molar-refractivity contribution in [1.82, 2.24) is 4.90 Å². The van der Waals surface area contributed by atoms with E-state index in [9.17, 15) is 18.0 Å². The highest BCUT2D eigenvalue weighted by molar-refractivity contribution is 5.70. The van der Waals surface area contributed by atoms with Gasteiger partial charge in [-0.25, -0.2) is 0 Å². The summed E-state index contributed by atoms with van der Waals surface area (Å²) in [5.74, 6) is -0.746. The molecule has 2 atom stereocenters. The standard InChI is InChI=1S/C19H24F3NO2/c20-19(21,22)15-7-5-13(6-8-15)16-3-1-2-4-17(16)23-11-9-14(10-12-23)18(24)25/h5-8,14,16-17H,1-4,9-12H2,(H,24,25). The molecule has 3 nitrogen and oxygen atoms in total. The molecule has 1 N–H and O–H groups in total. The molecule has 1 heterocycles.